The minimum Gasteiger partial charge on any atom is -0.462 e. The molecule has 374 valence electrons. The van der Waals surface area contributed by atoms with Gasteiger partial charge in [0.2, 0.25) is 0 Å². The fraction of sp³-hybridized carbons (Fsp3) is 0.622. The second-order valence-corrected chi connectivity index (χ2v) is 16.2. The molecule has 66 heavy (non-hydrogen) atoms. The lowest BCUT2D eigenvalue weighted by Gasteiger charge is -2.29. The van der Waals surface area contributed by atoms with Crippen LogP contribution in [-0.2, 0) is 76.2 Å². The Balaban J connectivity index is 0. The summed E-state index contributed by atoms with van der Waals surface area (Å²) in [5.41, 5.74) is -3.82. The maximum absolute atomic E-state index is 12.1. The van der Waals surface area contributed by atoms with Crippen molar-refractivity contribution < 1.29 is 90.9 Å². The first-order valence-electron chi connectivity index (χ1n) is 21.0. The summed E-state index contributed by atoms with van der Waals surface area (Å²) in [5, 5.41) is 14.8. The van der Waals surface area contributed by atoms with E-state index in [1.807, 2.05) is 13.8 Å². The monoisotopic (exact) mass is 942 g/mol. The van der Waals surface area contributed by atoms with E-state index < -0.39 is 82.6 Å². The fourth-order valence-corrected chi connectivity index (χ4v) is 4.10. The van der Waals surface area contributed by atoms with Gasteiger partial charge in [0.25, 0.3) is 0 Å². The van der Waals surface area contributed by atoms with Crippen molar-refractivity contribution in [3.8, 4) is 0 Å². The van der Waals surface area contributed by atoms with E-state index in [9.17, 15) is 48.3 Å². The van der Waals surface area contributed by atoms with Crippen molar-refractivity contribution in [2.45, 2.75) is 111 Å². The maximum atomic E-state index is 12.1. The topological polar surface area (TPSA) is 281 Å². The van der Waals surface area contributed by atoms with Gasteiger partial charge < -0.3 is 58.4 Å². The highest BCUT2D eigenvalue weighted by Gasteiger charge is 2.33. The Morgan fingerprint density at radius 1 is 0.485 bits per heavy atom. The number of unbranched alkanes of at least 4 members (excludes halogenated alkanes) is 2. The molecule has 0 aliphatic heterocycles. The van der Waals surface area contributed by atoms with Gasteiger partial charge in [-0.1, -0.05) is 40.2 Å². The number of rotatable bonds is 31. The number of ether oxygens (including phenoxy) is 9. The summed E-state index contributed by atoms with van der Waals surface area (Å²) in [4.78, 5) is 105. The number of amides is 2. The van der Waals surface area contributed by atoms with Gasteiger partial charge in [-0.3, -0.25) is 14.4 Å². The molecule has 0 aliphatic carbocycles. The van der Waals surface area contributed by atoms with Crippen LogP contribution in [0.25, 0.3) is 0 Å². The third-order valence-corrected chi connectivity index (χ3v) is 9.13. The minimum atomic E-state index is -1.32. The largest absolute Gasteiger partial charge is 0.462 e. The van der Waals surface area contributed by atoms with E-state index in [0.717, 1.165) is 24.3 Å². The third kappa shape index (κ3) is 29.2. The van der Waals surface area contributed by atoms with Gasteiger partial charge >= 0.3 is 54.0 Å². The van der Waals surface area contributed by atoms with E-state index in [4.69, 9.17) is 42.6 Å². The van der Waals surface area contributed by atoms with Crippen LogP contribution in [0.3, 0.4) is 0 Å². The standard InChI is InChI=1S/C25H39NO10.C20H31NO9/c1-7-19(27)35-17-25(6,18-36-20(28)8-2)26-23(31)34-14-12-10-11-13-21(29)32-15-16-33-22(30)24(4,5)9-3;1-7-15(23)29-12-20(6,13-30-16(24)8-2)21-18(26)28-11-14(22)10-27-17(25)19(4,5)9-3/h7-8H,1-2,9-18H2,3-6H3,(H,26,31);7-8,14,22H,1-2,9-13H2,3-6H3,(H,21,26). The molecule has 0 bridgehead atoms. The average molecular weight is 943 g/mol. The van der Waals surface area contributed by atoms with Gasteiger partial charge in [-0.25, -0.2) is 28.8 Å². The molecule has 2 amide bonds. The quantitative estimate of drug-likeness (QED) is 0.0378. The zero-order valence-corrected chi connectivity index (χ0v) is 39.6. The summed E-state index contributed by atoms with van der Waals surface area (Å²) in [6, 6.07) is 0. The van der Waals surface area contributed by atoms with Crippen LogP contribution in [0.15, 0.2) is 50.6 Å². The minimum absolute atomic E-state index is 0.00333. The van der Waals surface area contributed by atoms with E-state index in [2.05, 4.69) is 36.9 Å². The number of esters is 7. The summed E-state index contributed by atoms with van der Waals surface area (Å²) >= 11 is 0. The smallest absolute Gasteiger partial charge is 0.407 e. The van der Waals surface area contributed by atoms with Crippen LogP contribution in [0, 0.1) is 10.8 Å². The van der Waals surface area contributed by atoms with E-state index in [1.165, 1.54) is 13.8 Å². The molecule has 0 radical (unpaired) electrons. The van der Waals surface area contributed by atoms with Crippen molar-refractivity contribution in [3.63, 3.8) is 0 Å². The average Bonchev–Trinajstić information content (AvgIpc) is 3.29. The Morgan fingerprint density at radius 3 is 1.24 bits per heavy atom. The molecule has 0 aromatic carbocycles. The van der Waals surface area contributed by atoms with Crippen molar-refractivity contribution in [3.05, 3.63) is 50.6 Å². The van der Waals surface area contributed by atoms with E-state index >= 15 is 0 Å². The number of carbonyl (C=O) groups is 9. The zero-order valence-electron chi connectivity index (χ0n) is 39.6. The Hall–Kier alpha value is -6.25. The highest BCUT2D eigenvalue weighted by molar-refractivity contribution is 5.83. The van der Waals surface area contributed by atoms with Gasteiger partial charge in [-0.2, -0.15) is 0 Å². The lowest BCUT2D eigenvalue weighted by molar-refractivity contribution is -0.159. The molecule has 0 spiro atoms. The Kier molecular flexibility index (Phi) is 30.4. The van der Waals surface area contributed by atoms with Gasteiger partial charge in [-0.15, -0.1) is 0 Å². The van der Waals surface area contributed by atoms with Crippen LogP contribution in [0.5, 0.6) is 0 Å². The highest BCUT2D eigenvalue weighted by atomic mass is 16.6. The molecule has 21 heteroatoms. The predicted octanol–water partition coefficient (Wildman–Crippen LogP) is 4.28. The molecular formula is C45H70N2O19. The van der Waals surface area contributed by atoms with Gasteiger partial charge in [0.15, 0.2) is 0 Å². The van der Waals surface area contributed by atoms with E-state index in [-0.39, 0.29) is 65.2 Å². The molecule has 0 aromatic heterocycles. The van der Waals surface area contributed by atoms with Crippen molar-refractivity contribution in [1.29, 1.82) is 0 Å². The molecule has 1 unspecified atom stereocenters. The van der Waals surface area contributed by atoms with Crippen molar-refractivity contribution in [1.82, 2.24) is 10.6 Å². The molecule has 0 heterocycles. The maximum Gasteiger partial charge on any atom is 0.407 e. The van der Waals surface area contributed by atoms with Gasteiger partial charge in [0.1, 0.15) is 70.0 Å². The number of aliphatic hydroxyl groups excluding tert-OH is 1. The van der Waals surface area contributed by atoms with Crippen LogP contribution in [-0.4, -0.2) is 136 Å². The molecule has 0 rings (SSSR count). The molecule has 0 fully saturated rings. The lowest BCUT2D eigenvalue weighted by atomic mass is 9.91. The second-order valence-electron chi connectivity index (χ2n) is 16.2. The fourth-order valence-electron chi connectivity index (χ4n) is 4.10. The first kappa shape index (κ1) is 61.8. The normalized spacial score (nSPS) is 11.5. The Bertz CT molecular complexity index is 1610. The summed E-state index contributed by atoms with van der Waals surface area (Å²) in [6.07, 6.45) is 3.82. The van der Waals surface area contributed by atoms with Crippen LogP contribution in [0.1, 0.15) is 93.9 Å². The second kappa shape index (κ2) is 32.4. The molecule has 0 aliphatic rings. The zero-order chi connectivity index (χ0) is 51.0. The molecule has 3 N–H and O–H groups in total. The molecular weight excluding hydrogens is 872 g/mol. The van der Waals surface area contributed by atoms with Crippen LogP contribution in [0.2, 0.25) is 0 Å². The summed E-state index contributed by atoms with van der Waals surface area (Å²) in [5.74, 6) is -4.09. The highest BCUT2D eigenvalue weighted by Crippen LogP contribution is 2.22. The first-order chi connectivity index (χ1) is 30.8. The summed E-state index contributed by atoms with van der Waals surface area (Å²) in [6.45, 7) is 24.8. The summed E-state index contributed by atoms with van der Waals surface area (Å²) in [7, 11) is 0. The van der Waals surface area contributed by atoms with Gasteiger partial charge in [0, 0.05) is 30.7 Å². The predicted molar refractivity (Wildman–Crippen MR) is 236 cm³/mol. The van der Waals surface area contributed by atoms with Crippen LogP contribution >= 0.6 is 0 Å². The first-order valence-corrected chi connectivity index (χ1v) is 21.0. The van der Waals surface area contributed by atoms with Gasteiger partial charge in [-0.05, 0) is 73.6 Å². The SMILES string of the molecule is C=CC(=O)OCC(C)(COC(=O)C=C)NC(=O)OCC(O)COC(=O)C(C)(C)CC.C=CC(=O)OCC(C)(COC(=O)C=C)NC(=O)OCCCCCC(=O)OCCOC(=O)C(C)(C)CC. The van der Waals surface area contributed by atoms with E-state index in [1.54, 1.807) is 27.7 Å². The molecule has 0 saturated carbocycles. The van der Waals surface area contributed by atoms with Crippen molar-refractivity contribution >= 4 is 54.0 Å². The Morgan fingerprint density at radius 2 is 0.848 bits per heavy atom. The van der Waals surface area contributed by atoms with Crippen LogP contribution < -0.4 is 10.6 Å². The lowest BCUT2D eigenvalue weighted by Crippen LogP contribution is -2.54. The molecule has 0 aromatic rings. The number of alkyl carbamates (subject to hydrolysis) is 2. The summed E-state index contributed by atoms with van der Waals surface area (Å²) < 4.78 is 44.9. The number of aliphatic hydroxyl groups is 1. The third-order valence-electron chi connectivity index (χ3n) is 9.13. The van der Waals surface area contributed by atoms with Crippen LogP contribution in [0.4, 0.5) is 9.59 Å². The van der Waals surface area contributed by atoms with E-state index in [0.29, 0.717) is 32.1 Å². The van der Waals surface area contributed by atoms with Crippen molar-refractivity contribution in [2.24, 2.45) is 10.8 Å². The molecule has 1 atom stereocenters. The molecule has 21 nitrogen and oxygen atoms in total. The number of hydrogen-bond donors (Lipinski definition) is 3. The number of carbonyl (C=O) groups excluding carboxylic acids is 9. The number of hydrogen-bond acceptors (Lipinski definition) is 19. The van der Waals surface area contributed by atoms with Crippen molar-refractivity contribution in [2.75, 3.05) is 59.5 Å². The number of nitrogens with one attached hydrogen (secondary N) is 2. The molecule has 0 saturated heterocycles. The Labute approximate surface area is 386 Å². The van der Waals surface area contributed by atoms with Gasteiger partial charge in [0.05, 0.1) is 17.4 Å².